The van der Waals surface area contributed by atoms with Crippen LogP contribution in [0.1, 0.15) is 0 Å². The summed E-state index contributed by atoms with van der Waals surface area (Å²) in [7, 11) is 1.28. The van der Waals surface area contributed by atoms with Crippen LogP contribution in [0.5, 0.6) is 11.5 Å². The fourth-order valence-electron chi connectivity index (χ4n) is 1.37. The number of amides is 1. The molecule has 16 heavy (non-hydrogen) atoms. The van der Waals surface area contributed by atoms with Crippen LogP contribution >= 0.6 is 0 Å². The number of fused-ring (bicyclic) bond motifs is 1. The van der Waals surface area contributed by atoms with Crippen LogP contribution in [0, 0.1) is 0 Å². The van der Waals surface area contributed by atoms with Crippen LogP contribution in [0.4, 0.5) is 16.2 Å². The van der Waals surface area contributed by atoms with Gasteiger partial charge in [-0.05, 0) is 0 Å². The second kappa shape index (κ2) is 4.18. The van der Waals surface area contributed by atoms with Gasteiger partial charge in [-0.25, -0.2) is 4.79 Å². The molecule has 1 aromatic rings. The Hall–Kier alpha value is -2.11. The largest absolute Gasteiger partial charge is 0.486 e. The van der Waals surface area contributed by atoms with Gasteiger partial charge < -0.3 is 19.9 Å². The van der Waals surface area contributed by atoms with Gasteiger partial charge in [-0.15, -0.1) is 0 Å². The van der Waals surface area contributed by atoms with Crippen molar-refractivity contribution in [2.45, 2.75) is 0 Å². The van der Waals surface area contributed by atoms with E-state index in [0.29, 0.717) is 36.1 Å². The maximum atomic E-state index is 11.0. The van der Waals surface area contributed by atoms with Crippen LogP contribution in [-0.2, 0) is 4.74 Å². The Kier molecular flexibility index (Phi) is 2.72. The molecule has 1 aliphatic rings. The molecule has 3 N–H and O–H groups in total. The van der Waals surface area contributed by atoms with Gasteiger partial charge >= 0.3 is 6.09 Å². The topological polar surface area (TPSA) is 82.8 Å². The van der Waals surface area contributed by atoms with E-state index in [1.54, 1.807) is 12.1 Å². The number of carbonyl (C=O) groups is 1. The highest BCUT2D eigenvalue weighted by Gasteiger charge is 2.15. The molecule has 0 fully saturated rings. The summed E-state index contributed by atoms with van der Waals surface area (Å²) in [6, 6.07) is 3.22. The summed E-state index contributed by atoms with van der Waals surface area (Å²) in [5.41, 5.74) is 6.58. The summed E-state index contributed by atoms with van der Waals surface area (Å²) in [6.45, 7) is 0.977. The molecule has 86 valence electrons. The zero-order chi connectivity index (χ0) is 11.5. The second-order valence-electron chi connectivity index (χ2n) is 3.20. The Bertz CT molecular complexity index is 420. The predicted molar refractivity (Wildman–Crippen MR) is 57.9 cm³/mol. The lowest BCUT2D eigenvalue weighted by Gasteiger charge is -2.20. The zero-order valence-corrected chi connectivity index (χ0v) is 8.78. The fraction of sp³-hybridized carbons (Fsp3) is 0.300. The molecule has 6 heteroatoms. The lowest BCUT2D eigenvalue weighted by atomic mass is 10.2. The Morgan fingerprint density at radius 3 is 2.62 bits per heavy atom. The van der Waals surface area contributed by atoms with Gasteiger partial charge in [0, 0.05) is 12.1 Å². The molecule has 6 nitrogen and oxygen atoms in total. The average Bonchev–Trinajstić information content (AvgIpc) is 2.30. The minimum atomic E-state index is -0.580. The molecule has 0 spiro atoms. The minimum absolute atomic E-state index is 0.398. The van der Waals surface area contributed by atoms with Crippen molar-refractivity contribution in [3.05, 3.63) is 12.1 Å². The smallest absolute Gasteiger partial charge is 0.411 e. The normalized spacial score (nSPS) is 13.1. The molecule has 0 aromatic heterocycles. The molecule has 0 saturated carbocycles. The molecular weight excluding hydrogens is 212 g/mol. The number of hydrogen-bond acceptors (Lipinski definition) is 5. The molecule has 0 unspecified atom stereocenters. The SMILES string of the molecule is COC(=O)Nc1cc2c(cc1N)OCCO2. The summed E-state index contributed by atoms with van der Waals surface area (Å²) in [4.78, 5) is 11.0. The molecule has 2 rings (SSSR count). The van der Waals surface area contributed by atoms with Gasteiger partial charge in [-0.1, -0.05) is 0 Å². The van der Waals surface area contributed by atoms with E-state index in [2.05, 4.69) is 10.1 Å². The van der Waals surface area contributed by atoms with E-state index in [4.69, 9.17) is 15.2 Å². The van der Waals surface area contributed by atoms with Gasteiger partial charge in [0.2, 0.25) is 0 Å². The lowest BCUT2D eigenvalue weighted by molar-refractivity contribution is 0.171. The first-order valence-corrected chi connectivity index (χ1v) is 4.75. The highest BCUT2D eigenvalue weighted by atomic mass is 16.6. The van der Waals surface area contributed by atoms with Crippen molar-refractivity contribution in [3.63, 3.8) is 0 Å². The van der Waals surface area contributed by atoms with Crippen LogP contribution in [0.3, 0.4) is 0 Å². The molecule has 0 saturated heterocycles. The van der Waals surface area contributed by atoms with Crippen molar-refractivity contribution in [3.8, 4) is 11.5 Å². The number of anilines is 2. The highest BCUT2D eigenvalue weighted by molar-refractivity contribution is 5.90. The van der Waals surface area contributed by atoms with Gasteiger partial charge in [0.1, 0.15) is 13.2 Å². The van der Waals surface area contributed by atoms with Crippen molar-refractivity contribution >= 4 is 17.5 Å². The average molecular weight is 224 g/mol. The number of nitrogens with one attached hydrogen (secondary N) is 1. The van der Waals surface area contributed by atoms with E-state index < -0.39 is 6.09 Å². The molecule has 1 amide bonds. The zero-order valence-electron chi connectivity index (χ0n) is 8.78. The van der Waals surface area contributed by atoms with Crippen LogP contribution in [0.2, 0.25) is 0 Å². The third kappa shape index (κ3) is 1.95. The third-order valence-electron chi connectivity index (χ3n) is 2.14. The van der Waals surface area contributed by atoms with E-state index in [1.165, 1.54) is 7.11 Å². The van der Waals surface area contributed by atoms with Crippen LogP contribution < -0.4 is 20.5 Å². The predicted octanol–water partition coefficient (Wildman–Crippen LogP) is 1.22. The Morgan fingerprint density at radius 1 is 1.38 bits per heavy atom. The first-order chi connectivity index (χ1) is 7.70. The van der Waals surface area contributed by atoms with Gasteiger partial charge in [0.25, 0.3) is 0 Å². The first-order valence-electron chi connectivity index (χ1n) is 4.75. The number of nitrogen functional groups attached to an aromatic ring is 1. The molecule has 0 bridgehead atoms. The van der Waals surface area contributed by atoms with Crippen LogP contribution in [0.25, 0.3) is 0 Å². The monoisotopic (exact) mass is 224 g/mol. The lowest BCUT2D eigenvalue weighted by Crippen LogP contribution is -2.17. The fourth-order valence-corrected chi connectivity index (χ4v) is 1.37. The maximum absolute atomic E-state index is 11.0. The molecular formula is C10H12N2O4. The second-order valence-corrected chi connectivity index (χ2v) is 3.20. The van der Waals surface area contributed by atoms with Crippen molar-refractivity contribution in [1.29, 1.82) is 0 Å². The number of carbonyl (C=O) groups excluding carboxylic acids is 1. The molecule has 1 heterocycles. The van der Waals surface area contributed by atoms with Crippen LogP contribution in [0.15, 0.2) is 12.1 Å². The standard InChI is InChI=1S/C10H12N2O4/c1-14-10(13)12-7-5-9-8(4-6(7)11)15-2-3-16-9/h4-5H,2-3,11H2,1H3,(H,12,13). The summed E-state index contributed by atoms with van der Waals surface area (Å²) in [5.74, 6) is 1.14. The van der Waals surface area contributed by atoms with Crippen LogP contribution in [-0.4, -0.2) is 26.4 Å². The summed E-state index contributed by atoms with van der Waals surface area (Å²) in [6.07, 6.45) is -0.580. The number of methoxy groups -OCH3 is 1. The maximum Gasteiger partial charge on any atom is 0.411 e. The number of ether oxygens (including phenoxy) is 3. The first kappa shape index (κ1) is 10.4. The molecule has 0 aliphatic carbocycles. The number of rotatable bonds is 1. The van der Waals surface area contributed by atoms with Gasteiger partial charge in [0.15, 0.2) is 11.5 Å². The van der Waals surface area contributed by atoms with E-state index in [-0.39, 0.29) is 0 Å². The van der Waals surface area contributed by atoms with Crippen molar-refractivity contribution < 1.29 is 19.0 Å². The summed E-state index contributed by atoms with van der Waals surface area (Å²) in [5, 5.41) is 2.49. The van der Waals surface area contributed by atoms with E-state index >= 15 is 0 Å². The van der Waals surface area contributed by atoms with Crippen molar-refractivity contribution in [1.82, 2.24) is 0 Å². The highest BCUT2D eigenvalue weighted by Crippen LogP contribution is 2.36. The van der Waals surface area contributed by atoms with Gasteiger partial charge in [-0.3, -0.25) is 5.32 Å². The summed E-state index contributed by atoms with van der Waals surface area (Å²) >= 11 is 0. The molecule has 0 radical (unpaired) electrons. The number of hydrogen-bond donors (Lipinski definition) is 2. The van der Waals surface area contributed by atoms with E-state index in [1.807, 2.05) is 0 Å². The summed E-state index contributed by atoms with van der Waals surface area (Å²) < 4.78 is 15.2. The quantitative estimate of drug-likeness (QED) is 0.701. The number of nitrogens with two attached hydrogens (primary N) is 1. The molecule has 0 atom stereocenters. The van der Waals surface area contributed by atoms with Crippen molar-refractivity contribution in [2.24, 2.45) is 0 Å². The Morgan fingerprint density at radius 2 is 2.00 bits per heavy atom. The number of benzene rings is 1. The van der Waals surface area contributed by atoms with E-state index in [9.17, 15) is 4.79 Å². The minimum Gasteiger partial charge on any atom is -0.486 e. The van der Waals surface area contributed by atoms with E-state index in [0.717, 1.165) is 0 Å². The van der Waals surface area contributed by atoms with Crippen molar-refractivity contribution in [2.75, 3.05) is 31.4 Å². The molecule has 1 aromatic carbocycles. The molecule has 1 aliphatic heterocycles. The Balaban J connectivity index is 2.28. The van der Waals surface area contributed by atoms with Gasteiger partial charge in [-0.2, -0.15) is 0 Å². The van der Waals surface area contributed by atoms with Gasteiger partial charge in [0.05, 0.1) is 18.5 Å². The Labute approximate surface area is 92.3 Å². The third-order valence-corrected chi connectivity index (χ3v) is 2.14.